The van der Waals surface area contributed by atoms with Gasteiger partial charge in [0.05, 0.1) is 12.6 Å². The fraction of sp³-hybridized carbons (Fsp3) is 0.533. The van der Waals surface area contributed by atoms with Gasteiger partial charge in [-0.1, -0.05) is 18.2 Å². The van der Waals surface area contributed by atoms with Crippen molar-refractivity contribution in [2.45, 2.75) is 25.4 Å². The standard InChI is InChI=1S/C15H20N2O2.ClH/c18-15(11-16-10-13-5-3-9-19-13)17-8-7-12-4-1-2-6-14(12)17;/h1-2,4,6,13,16H,3,5,7-11H2;1H. The maximum absolute atomic E-state index is 12.2. The Morgan fingerprint density at radius 3 is 3.05 bits per heavy atom. The normalized spacial score (nSPS) is 20.6. The molecule has 0 spiro atoms. The molecule has 1 atom stereocenters. The topological polar surface area (TPSA) is 41.6 Å². The average Bonchev–Trinajstić information content (AvgIpc) is 3.07. The highest BCUT2D eigenvalue weighted by Gasteiger charge is 2.24. The van der Waals surface area contributed by atoms with Crippen molar-refractivity contribution in [2.75, 3.05) is 31.1 Å². The van der Waals surface area contributed by atoms with Gasteiger partial charge < -0.3 is 15.0 Å². The van der Waals surface area contributed by atoms with Crippen molar-refractivity contribution in [3.63, 3.8) is 0 Å². The number of fused-ring (bicyclic) bond motifs is 1. The highest BCUT2D eigenvalue weighted by molar-refractivity contribution is 5.96. The summed E-state index contributed by atoms with van der Waals surface area (Å²) >= 11 is 0. The van der Waals surface area contributed by atoms with Gasteiger partial charge in [0.1, 0.15) is 0 Å². The van der Waals surface area contributed by atoms with Gasteiger partial charge in [0.2, 0.25) is 5.91 Å². The SMILES string of the molecule is Cl.O=C(CNCC1CCCO1)N1CCc2ccccc21. The lowest BCUT2D eigenvalue weighted by Crippen LogP contribution is -2.39. The van der Waals surface area contributed by atoms with Crippen LogP contribution >= 0.6 is 12.4 Å². The molecule has 0 bridgehead atoms. The summed E-state index contributed by atoms with van der Waals surface area (Å²) in [7, 11) is 0. The number of anilines is 1. The van der Waals surface area contributed by atoms with Gasteiger partial charge in [0.15, 0.2) is 0 Å². The summed E-state index contributed by atoms with van der Waals surface area (Å²) in [5.74, 6) is 0.156. The number of amides is 1. The van der Waals surface area contributed by atoms with Gasteiger partial charge in [-0.25, -0.2) is 0 Å². The number of hydrogen-bond donors (Lipinski definition) is 1. The highest BCUT2D eigenvalue weighted by Crippen LogP contribution is 2.27. The summed E-state index contributed by atoms with van der Waals surface area (Å²) in [6.07, 6.45) is 3.50. The second-order valence-electron chi connectivity index (χ2n) is 5.19. The van der Waals surface area contributed by atoms with Crippen LogP contribution in [0.25, 0.3) is 0 Å². The number of ether oxygens (including phenoxy) is 1. The summed E-state index contributed by atoms with van der Waals surface area (Å²) in [5, 5.41) is 3.22. The van der Waals surface area contributed by atoms with Crippen LogP contribution in [-0.2, 0) is 16.0 Å². The second-order valence-corrected chi connectivity index (χ2v) is 5.19. The molecular weight excluding hydrogens is 276 g/mol. The zero-order valence-electron chi connectivity index (χ0n) is 11.5. The maximum atomic E-state index is 12.2. The van der Waals surface area contributed by atoms with Gasteiger partial charge in [-0.2, -0.15) is 0 Å². The summed E-state index contributed by atoms with van der Waals surface area (Å²) in [6, 6.07) is 8.15. The molecule has 0 saturated carbocycles. The van der Waals surface area contributed by atoms with E-state index in [1.54, 1.807) is 0 Å². The predicted octanol–water partition coefficient (Wildman–Crippen LogP) is 1.77. The lowest BCUT2D eigenvalue weighted by atomic mass is 10.2. The van der Waals surface area contributed by atoms with E-state index in [1.807, 2.05) is 23.1 Å². The number of nitrogens with one attached hydrogen (secondary N) is 1. The van der Waals surface area contributed by atoms with Crippen molar-refractivity contribution < 1.29 is 9.53 Å². The van der Waals surface area contributed by atoms with E-state index >= 15 is 0 Å². The van der Waals surface area contributed by atoms with Crippen LogP contribution in [0.2, 0.25) is 0 Å². The fourth-order valence-electron chi connectivity index (χ4n) is 2.84. The highest BCUT2D eigenvalue weighted by atomic mass is 35.5. The van der Waals surface area contributed by atoms with E-state index in [4.69, 9.17) is 4.74 Å². The van der Waals surface area contributed by atoms with Crippen LogP contribution in [0, 0.1) is 0 Å². The molecule has 3 rings (SSSR count). The molecule has 2 aliphatic heterocycles. The molecule has 1 aromatic rings. The number of carbonyl (C=O) groups is 1. The Kier molecular flexibility index (Phi) is 5.40. The van der Waals surface area contributed by atoms with Crippen LogP contribution in [0.5, 0.6) is 0 Å². The molecule has 0 radical (unpaired) electrons. The predicted molar refractivity (Wildman–Crippen MR) is 81.6 cm³/mol. The van der Waals surface area contributed by atoms with Crippen LogP contribution in [0.3, 0.4) is 0 Å². The Hall–Kier alpha value is -1.10. The van der Waals surface area contributed by atoms with Gasteiger partial charge in [-0.15, -0.1) is 12.4 Å². The van der Waals surface area contributed by atoms with Crippen LogP contribution in [0.4, 0.5) is 5.69 Å². The summed E-state index contributed by atoms with van der Waals surface area (Å²) in [6.45, 7) is 2.84. The number of para-hydroxylation sites is 1. The molecular formula is C15H21ClN2O2. The summed E-state index contributed by atoms with van der Waals surface area (Å²) in [4.78, 5) is 14.1. The number of rotatable bonds is 4. The third kappa shape index (κ3) is 3.32. The van der Waals surface area contributed by atoms with Gasteiger partial charge in [-0.3, -0.25) is 4.79 Å². The van der Waals surface area contributed by atoms with E-state index < -0.39 is 0 Å². The van der Waals surface area contributed by atoms with Gasteiger partial charge in [0.25, 0.3) is 0 Å². The van der Waals surface area contributed by atoms with Gasteiger partial charge in [0, 0.05) is 25.4 Å². The first-order valence-electron chi connectivity index (χ1n) is 7.05. The van der Waals surface area contributed by atoms with Crippen molar-refractivity contribution in [1.82, 2.24) is 5.32 Å². The molecule has 110 valence electrons. The van der Waals surface area contributed by atoms with Crippen LogP contribution in [0.1, 0.15) is 18.4 Å². The van der Waals surface area contributed by atoms with E-state index in [0.717, 1.165) is 44.6 Å². The number of benzene rings is 1. The molecule has 0 aliphatic carbocycles. The molecule has 1 N–H and O–H groups in total. The monoisotopic (exact) mass is 296 g/mol. The summed E-state index contributed by atoms with van der Waals surface area (Å²) < 4.78 is 5.53. The largest absolute Gasteiger partial charge is 0.377 e. The molecule has 5 heteroatoms. The number of hydrogen-bond acceptors (Lipinski definition) is 3. The summed E-state index contributed by atoms with van der Waals surface area (Å²) in [5.41, 5.74) is 2.35. The van der Waals surface area contributed by atoms with E-state index in [1.165, 1.54) is 5.56 Å². The Labute approximate surface area is 125 Å². The van der Waals surface area contributed by atoms with Gasteiger partial charge >= 0.3 is 0 Å². The molecule has 1 fully saturated rings. The van der Waals surface area contributed by atoms with Crippen molar-refractivity contribution in [3.8, 4) is 0 Å². The zero-order valence-corrected chi connectivity index (χ0v) is 12.3. The Morgan fingerprint density at radius 2 is 2.25 bits per heavy atom. The minimum Gasteiger partial charge on any atom is -0.377 e. The third-order valence-electron chi connectivity index (χ3n) is 3.86. The second kappa shape index (κ2) is 7.07. The minimum atomic E-state index is 0. The number of carbonyl (C=O) groups excluding carboxylic acids is 1. The molecule has 1 saturated heterocycles. The van der Waals surface area contributed by atoms with E-state index in [0.29, 0.717) is 12.6 Å². The third-order valence-corrected chi connectivity index (χ3v) is 3.86. The molecule has 20 heavy (non-hydrogen) atoms. The van der Waals surface area contributed by atoms with E-state index in [9.17, 15) is 4.79 Å². The Morgan fingerprint density at radius 1 is 1.40 bits per heavy atom. The minimum absolute atomic E-state index is 0. The van der Waals surface area contributed by atoms with Crippen molar-refractivity contribution in [1.29, 1.82) is 0 Å². The zero-order chi connectivity index (χ0) is 13.1. The fourth-order valence-corrected chi connectivity index (χ4v) is 2.84. The quantitative estimate of drug-likeness (QED) is 0.921. The first kappa shape index (κ1) is 15.3. The number of halogens is 1. The van der Waals surface area contributed by atoms with Crippen molar-refractivity contribution in [3.05, 3.63) is 29.8 Å². The molecule has 1 unspecified atom stereocenters. The molecule has 4 nitrogen and oxygen atoms in total. The molecule has 2 heterocycles. The van der Waals surface area contributed by atoms with Crippen LogP contribution < -0.4 is 10.2 Å². The maximum Gasteiger partial charge on any atom is 0.240 e. The van der Waals surface area contributed by atoms with Crippen LogP contribution in [-0.4, -0.2) is 38.3 Å². The molecule has 1 aromatic carbocycles. The molecule has 2 aliphatic rings. The van der Waals surface area contributed by atoms with E-state index in [-0.39, 0.29) is 18.3 Å². The average molecular weight is 297 g/mol. The van der Waals surface area contributed by atoms with Gasteiger partial charge in [-0.05, 0) is 30.9 Å². The lowest BCUT2D eigenvalue weighted by Gasteiger charge is -2.18. The first-order valence-corrected chi connectivity index (χ1v) is 7.05. The van der Waals surface area contributed by atoms with E-state index in [2.05, 4.69) is 11.4 Å². The Bertz CT molecular complexity index is 461. The first-order chi connectivity index (χ1) is 9.34. The smallest absolute Gasteiger partial charge is 0.240 e. The lowest BCUT2D eigenvalue weighted by molar-refractivity contribution is -0.117. The Balaban J connectivity index is 0.00000147. The molecule has 1 amide bonds. The van der Waals surface area contributed by atoms with Crippen molar-refractivity contribution in [2.24, 2.45) is 0 Å². The van der Waals surface area contributed by atoms with Crippen molar-refractivity contribution >= 4 is 24.0 Å². The molecule has 0 aromatic heterocycles. The van der Waals surface area contributed by atoms with Crippen LogP contribution in [0.15, 0.2) is 24.3 Å². The number of nitrogens with zero attached hydrogens (tertiary/aromatic N) is 1.